The standard InChI is InChI=1S/C10H8ClNO4/c11-8-5-7(3-4-9(8)12(14)15)16-10(13)6-1-2-6/h3-6H,1-2H2. The summed E-state index contributed by atoms with van der Waals surface area (Å²) < 4.78 is 5.01. The number of rotatable bonds is 3. The van der Waals surface area contributed by atoms with Gasteiger partial charge in [0.25, 0.3) is 5.69 Å². The first-order valence-electron chi connectivity index (χ1n) is 4.73. The van der Waals surface area contributed by atoms with Gasteiger partial charge in [0.1, 0.15) is 10.8 Å². The van der Waals surface area contributed by atoms with E-state index in [4.69, 9.17) is 16.3 Å². The van der Waals surface area contributed by atoms with Crippen molar-refractivity contribution < 1.29 is 14.5 Å². The molecule has 0 aliphatic heterocycles. The summed E-state index contributed by atoms with van der Waals surface area (Å²) >= 11 is 5.67. The number of carbonyl (C=O) groups is 1. The van der Waals surface area contributed by atoms with Gasteiger partial charge in [-0.15, -0.1) is 0 Å². The third-order valence-corrected chi connectivity index (χ3v) is 2.55. The monoisotopic (exact) mass is 241 g/mol. The number of nitrogens with zero attached hydrogens (tertiary/aromatic N) is 1. The third-order valence-electron chi connectivity index (χ3n) is 2.24. The Morgan fingerprint density at radius 2 is 2.19 bits per heavy atom. The molecule has 1 aromatic rings. The average Bonchev–Trinajstić information content (AvgIpc) is 2.99. The van der Waals surface area contributed by atoms with Gasteiger partial charge in [0, 0.05) is 12.1 Å². The van der Waals surface area contributed by atoms with E-state index in [2.05, 4.69) is 0 Å². The van der Waals surface area contributed by atoms with Gasteiger partial charge in [-0.25, -0.2) is 0 Å². The van der Waals surface area contributed by atoms with Crippen LogP contribution >= 0.6 is 11.6 Å². The molecule has 0 heterocycles. The van der Waals surface area contributed by atoms with Gasteiger partial charge in [-0.05, 0) is 18.9 Å². The van der Waals surface area contributed by atoms with Gasteiger partial charge in [0.15, 0.2) is 0 Å². The number of halogens is 1. The smallest absolute Gasteiger partial charge is 0.314 e. The molecule has 0 radical (unpaired) electrons. The highest BCUT2D eigenvalue weighted by molar-refractivity contribution is 6.32. The summed E-state index contributed by atoms with van der Waals surface area (Å²) in [6.07, 6.45) is 1.69. The van der Waals surface area contributed by atoms with Crippen molar-refractivity contribution in [2.45, 2.75) is 12.8 Å². The maximum absolute atomic E-state index is 11.3. The van der Waals surface area contributed by atoms with Crippen LogP contribution in [0.2, 0.25) is 5.02 Å². The normalized spacial score (nSPS) is 14.6. The van der Waals surface area contributed by atoms with E-state index in [0.29, 0.717) is 0 Å². The van der Waals surface area contributed by atoms with Crippen LogP contribution in [0.1, 0.15) is 12.8 Å². The van der Waals surface area contributed by atoms with Crippen molar-refractivity contribution >= 4 is 23.3 Å². The summed E-state index contributed by atoms with van der Waals surface area (Å²) in [5.74, 6) is -0.0774. The van der Waals surface area contributed by atoms with Crippen LogP contribution in [0.25, 0.3) is 0 Å². The molecule has 2 rings (SSSR count). The maximum atomic E-state index is 11.3. The molecule has 0 bridgehead atoms. The van der Waals surface area contributed by atoms with Crippen LogP contribution in [0.3, 0.4) is 0 Å². The molecule has 0 amide bonds. The number of carbonyl (C=O) groups excluding carboxylic acids is 1. The molecular weight excluding hydrogens is 234 g/mol. The van der Waals surface area contributed by atoms with Crippen molar-refractivity contribution in [3.63, 3.8) is 0 Å². The van der Waals surface area contributed by atoms with E-state index < -0.39 is 4.92 Å². The van der Waals surface area contributed by atoms with Crippen molar-refractivity contribution in [1.29, 1.82) is 0 Å². The van der Waals surface area contributed by atoms with Gasteiger partial charge in [0.05, 0.1) is 10.8 Å². The molecule has 84 valence electrons. The predicted molar refractivity (Wildman–Crippen MR) is 56.5 cm³/mol. The van der Waals surface area contributed by atoms with Gasteiger partial charge < -0.3 is 4.74 Å². The Hall–Kier alpha value is -1.62. The number of hydrogen-bond acceptors (Lipinski definition) is 4. The Morgan fingerprint density at radius 1 is 1.50 bits per heavy atom. The summed E-state index contributed by atoms with van der Waals surface area (Å²) in [4.78, 5) is 21.2. The molecule has 0 saturated heterocycles. The maximum Gasteiger partial charge on any atom is 0.314 e. The van der Waals surface area contributed by atoms with Crippen LogP contribution in [0.5, 0.6) is 5.75 Å². The lowest BCUT2D eigenvalue weighted by Gasteiger charge is -2.03. The molecule has 0 N–H and O–H groups in total. The lowest BCUT2D eigenvalue weighted by molar-refractivity contribution is -0.384. The minimum absolute atomic E-state index is 0.0195. The SMILES string of the molecule is O=C(Oc1ccc([N+](=O)[O-])c(Cl)c1)C1CC1. The van der Waals surface area contributed by atoms with Crippen LogP contribution in [-0.2, 0) is 4.79 Å². The van der Waals surface area contributed by atoms with Crippen molar-refractivity contribution in [2.75, 3.05) is 0 Å². The van der Waals surface area contributed by atoms with Crippen molar-refractivity contribution in [3.05, 3.63) is 33.3 Å². The number of nitro groups is 1. The second-order valence-electron chi connectivity index (χ2n) is 3.57. The highest BCUT2D eigenvalue weighted by Crippen LogP contribution is 2.33. The largest absolute Gasteiger partial charge is 0.426 e. The molecule has 5 nitrogen and oxygen atoms in total. The van der Waals surface area contributed by atoms with Gasteiger partial charge >= 0.3 is 5.97 Å². The first-order valence-corrected chi connectivity index (χ1v) is 5.11. The fourth-order valence-corrected chi connectivity index (χ4v) is 1.46. The quantitative estimate of drug-likeness (QED) is 0.353. The van der Waals surface area contributed by atoms with E-state index in [0.717, 1.165) is 12.8 Å². The van der Waals surface area contributed by atoms with Gasteiger partial charge in [0.2, 0.25) is 0 Å². The van der Waals surface area contributed by atoms with Crippen LogP contribution in [0.15, 0.2) is 18.2 Å². The number of ether oxygens (including phenoxy) is 1. The molecule has 16 heavy (non-hydrogen) atoms. The minimum atomic E-state index is -0.588. The first kappa shape index (κ1) is 10.9. The van der Waals surface area contributed by atoms with E-state index in [1.165, 1.54) is 18.2 Å². The Balaban J connectivity index is 2.14. The van der Waals surface area contributed by atoms with E-state index >= 15 is 0 Å². The summed E-state index contributed by atoms with van der Waals surface area (Å²) in [6, 6.07) is 3.86. The lowest BCUT2D eigenvalue weighted by Crippen LogP contribution is -2.09. The fourth-order valence-electron chi connectivity index (χ4n) is 1.22. The lowest BCUT2D eigenvalue weighted by atomic mass is 10.3. The number of benzene rings is 1. The van der Waals surface area contributed by atoms with Crippen LogP contribution in [-0.4, -0.2) is 10.9 Å². The predicted octanol–water partition coefficient (Wildman–Crippen LogP) is 2.56. The molecule has 0 aromatic heterocycles. The van der Waals surface area contributed by atoms with Crippen LogP contribution < -0.4 is 4.74 Å². The molecule has 0 unspecified atom stereocenters. The van der Waals surface area contributed by atoms with E-state index in [1.54, 1.807) is 0 Å². The molecule has 1 aromatic carbocycles. The van der Waals surface area contributed by atoms with Crippen molar-refractivity contribution in [1.82, 2.24) is 0 Å². The zero-order chi connectivity index (χ0) is 11.7. The molecule has 0 spiro atoms. The Bertz CT molecular complexity index is 456. The molecule has 1 aliphatic carbocycles. The molecule has 1 saturated carbocycles. The van der Waals surface area contributed by atoms with Gasteiger partial charge in [-0.2, -0.15) is 0 Å². The fraction of sp³-hybridized carbons (Fsp3) is 0.300. The Morgan fingerprint density at radius 3 is 2.69 bits per heavy atom. The second kappa shape index (κ2) is 4.09. The summed E-state index contributed by atoms with van der Waals surface area (Å²) in [5.41, 5.74) is -0.201. The highest BCUT2D eigenvalue weighted by atomic mass is 35.5. The minimum Gasteiger partial charge on any atom is -0.426 e. The summed E-state index contributed by atoms with van der Waals surface area (Å²) in [7, 11) is 0. The molecule has 1 fully saturated rings. The Labute approximate surface area is 96.1 Å². The van der Waals surface area contributed by atoms with Gasteiger partial charge in [-0.3, -0.25) is 14.9 Å². The molecule has 0 atom stereocenters. The van der Waals surface area contributed by atoms with Gasteiger partial charge in [-0.1, -0.05) is 11.6 Å². The van der Waals surface area contributed by atoms with E-state index in [1.807, 2.05) is 0 Å². The molecule has 1 aliphatic rings. The number of hydrogen-bond donors (Lipinski definition) is 0. The van der Waals surface area contributed by atoms with E-state index in [-0.39, 0.29) is 28.3 Å². The number of nitro benzene ring substituents is 1. The summed E-state index contributed by atoms with van der Waals surface area (Å²) in [5, 5.41) is 10.5. The first-order chi connectivity index (χ1) is 7.58. The molecule has 6 heteroatoms. The van der Waals surface area contributed by atoms with Crippen molar-refractivity contribution in [2.24, 2.45) is 5.92 Å². The second-order valence-corrected chi connectivity index (χ2v) is 3.97. The topological polar surface area (TPSA) is 69.4 Å². The summed E-state index contributed by atoms with van der Waals surface area (Å²) in [6.45, 7) is 0. The zero-order valence-corrected chi connectivity index (χ0v) is 8.94. The van der Waals surface area contributed by atoms with E-state index in [9.17, 15) is 14.9 Å². The molecular formula is C10H8ClNO4. The van der Waals surface area contributed by atoms with Crippen molar-refractivity contribution in [3.8, 4) is 5.75 Å². The van der Waals surface area contributed by atoms with Crippen LogP contribution in [0.4, 0.5) is 5.69 Å². The van der Waals surface area contributed by atoms with Crippen LogP contribution in [0, 0.1) is 16.0 Å². The third kappa shape index (κ3) is 2.30. The average molecular weight is 242 g/mol. The highest BCUT2D eigenvalue weighted by Gasteiger charge is 2.31. The zero-order valence-electron chi connectivity index (χ0n) is 8.18. The number of esters is 1. The Kier molecular flexibility index (Phi) is 2.78.